The van der Waals surface area contributed by atoms with Gasteiger partial charge in [0.1, 0.15) is 12.4 Å². The Kier molecular flexibility index (Phi) is 8.01. The van der Waals surface area contributed by atoms with Crippen LogP contribution < -0.4 is 14.8 Å². The molecule has 0 atom stereocenters. The minimum Gasteiger partial charge on any atom is -0.490 e. The van der Waals surface area contributed by atoms with Crippen molar-refractivity contribution in [1.82, 2.24) is 20.2 Å². The van der Waals surface area contributed by atoms with Crippen molar-refractivity contribution in [2.24, 2.45) is 0 Å². The first-order valence-electron chi connectivity index (χ1n) is 9.93. The molecule has 0 fully saturated rings. The highest BCUT2D eigenvalue weighted by molar-refractivity contribution is 9.10. The van der Waals surface area contributed by atoms with Gasteiger partial charge in [0.05, 0.1) is 6.61 Å². The number of halogens is 2. The van der Waals surface area contributed by atoms with Gasteiger partial charge in [0.25, 0.3) is 0 Å². The summed E-state index contributed by atoms with van der Waals surface area (Å²) in [7, 11) is 0. The van der Waals surface area contributed by atoms with Gasteiger partial charge in [-0.25, -0.2) is 9.07 Å². The number of rotatable bonds is 11. The van der Waals surface area contributed by atoms with Crippen molar-refractivity contribution in [3.63, 3.8) is 0 Å². The van der Waals surface area contributed by atoms with E-state index in [9.17, 15) is 4.39 Å². The lowest BCUT2D eigenvalue weighted by molar-refractivity contribution is 0.269. The summed E-state index contributed by atoms with van der Waals surface area (Å²) in [6, 6.07) is 10.0. The Morgan fingerprint density at radius 1 is 1.10 bits per heavy atom. The minimum atomic E-state index is -0.269. The predicted octanol–water partition coefficient (Wildman–Crippen LogP) is 4.96. The molecule has 0 bridgehead atoms. The van der Waals surface area contributed by atoms with Crippen molar-refractivity contribution >= 4 is 21.9 Å². The fraction of sp³-hybridized carbons (Fsp3) is 0.381. The number of aromatic nitrogens is 4. The third-order valence-corrected chi connectivity index (χ3v) is 5.15. The number of benzene rings is 2. The molecule has 2 aromatic carbocycles. The zero-order valence-electron chi connectivity index (χ0n) is 17.1. The SMILES string of the molecule is CCCCn1nnnc1NCc1cc(OCC)c(OCc2ccc(F)cc2)cc1Br. The second-order valence-corrected chi connectivity index (χ2v) is 7.53. The molecule has 7 nitrogen and oxygen atoms in total. The molecule has 0 aliphatic carbocycles. The molecule has 0 amide bonds. The van der Waals surface area contributed by atoms with E-state index in [2.05, 4.69) is 43.7 Å². The smallest absolute Gasteiger partial charge is 0.243 e. The molecule has 0 aliphatic rings. The molecule has 0 spiro atoms. The van der Waals surface area contributed by atoms with Gasteiger partial charge in [0.15, 0.2) is 11.5 Å². The van der Waals surface area contributed by atoms with Crippen molar-refractivity contribution in [1.29, 1.82) is 0 Å². The first-order chi connectivity index (χ1) is 14.6. The normalized spacial score (nSPS) is 10.8. The van der Waals surface area contributed by atoms with E-state index in [1.54, 1.807) is 16.8 Å². The van der Waals surface area contributed by atoms with Gasteiger partial charge in [-0.15, -0.1) is 0 Å². The molecule has 0 radical (unpaired) electrons. The molecular formula is C21H25BrFN5O2. The van der Waals surface area contributed by atoms with Crippen LogP contribution in [0.25, 0.3) is 0 Å². The average molecular weight is 478 g/mol. The van der Waals surface area contributed by atoms with Crippen molar-refractivity contribution in [2.75, 3.05) is 11.9 Å². The highest BCUT2D eigenvalue weighted by Crippen LogP contribution is 2.34. The summed E-state index contributed by atoms with van der Waals surface area (Å²) >= 11 is 3.61. The Morgan fingerprint density at radius 2 is 1.87 bits per heavy atom. The number of nitrogens with zero attached hydrogens (tertiary/aromatic N) is 4. The fourth-order valence-corrected chi connectivity index (χ4v) is 3.26. The first kappa shape index (κ1) is 22.0. The number of tetrazole rings is 1. The maximum absolute atomic E-state index is 13.1. The fourth-order valence-electron chi connectivity index (χ4n) is 2.80. The number of anilines is 1. The molecule has 0 saturated heterocycles. The molecule has 3 aromatic rings. The van der Waals surface area contributed by atoms with Crippen molar-refractivity contribution in [3.05, 3.63) is 57.8 Å². The maximum atomic E-state index is 13.1. The van der Waals surface area contributed by atoms with Crippen LogP contribution in [0.5, 0.6) is 11.5 Å². The van der Waals surface area contributed by atoms with E-state index in [4.69, 9.17) is 9.47 Å². The van der Waals surface area contributed by atoms with Crippen LogP contribution in [0.15, 0.2) is 40.9 Å². The van der Waals surface area contributed by atoms with Crippen LogP contribution in [0.3, 0.4) is 0 Å². The van der Waals surface area contributed by atoms with Gasteiger partial charge < -0.3 is 14.8 Å². The Balaban J connectivity index is 1.70. The highest BCUT2D eigenvalue weighted by Gasteiger charge is 2.13. The average Bonchev–Trinajstić information content (AvgIpc) is 3.19. The Bertz CT molecular complexity index is 949. The van der Waals surface area contributed by atoms with Gasteiger partial charge in [-0.1, -0.05) is 46.5 Å². The zero-order valence-corrected chi connectivity index (χ0v) is 18.7. The van der Waals surface area contributed by atoms with E-state index in [1.165, 1.54) is 12.1 Å². The molecule has 9 heteroatoms. The topological polar surface area (TPSA) is 74.1 Å². The second-order valence-electron chi connectivity index (χ2n) is 6.67. The van der Waals surface area contributed by atoms with Crippen LogP contribution in [-0.4, -0.2) is 26.8 Å². The Labute approximate surface area is 183 Å². The number of unbranched alkanes of at least 4 members (excludes halogenated alkanes) is 1. The summed E-state index contributed by atoms with van der Waals surface area (Å²) in [5.74, 6) is 1.62. The summed E-state index contributed by atoms with van der Waals surface area (Å²) < 4.78 is 27.4. The third kappa shape index (κ3) is 5.91. The van der Waals surface area contributed by atoms with E-state index in [0.717, 1.165) is 35.0 Å². The van der Waals surface area contributed by atoms with Crippen molar-refractivity contribution in [2.45, 2.75) is 46.4 Å². The van der Waals surface area contributed by atoms with E-state index in [1.807, 2.05) is 19.1 Å². The summed E-state index contributed by atoms with van der Waals surface area (Å²) in [5.41, 5.74) is 1.86. The lowest BCUT2D eigenvalue weighted by atomic mass is 10.2. The van der Waals surface area contributed by atoms with Crippen LogP contribution in [0.1, 0.15) is 37.8 Å². The molecular weight excluding hydrogens is 453 g/mol. The van der Waals surface area contributed by atoms with Gasteiger partial charge in [-0.2, -0.15) is 0 Å². The van der Waals surface area contributed by atoms with Gasteiger partial charge in [0.2, 0.25) is 5.95 Å². The molecule has 0 unspecified atom stereocenters. The van der Waals surface area contributed by atoms with E-state index < -0.39 is 0 Å². The maximum Gasteiger partial charge on any atom is 0.243 e. The van der Waals surface area contributed by atoms with Crippen molar-refractivity contribution in [3.8, 4) is 11.5 Å². The molecule has 3 rings (SSSR count). The molecule has 0 saturated carbocycles. The predicted molar refractivity (Wildman–Crippen MR) is 116 cm³/mol. The van der Waals surface area contributed by atoms with Crippen molar-refractivity contribution < 1.29 is 13.9 Å². The van der Waals surface area contributed by atoms with Crippen LogP contribution in [0.2, 0.25) is 0 Å². The number of ether oxygens (including phenoxy) is 2. The Morgan fingerprint density at radius 3 is 2.60 bits per heavy atom. The van der Waals surface area contributed by atoms with Crippen LogP contribution >= 0.6 is 15.9 Å². The molecule has 160 valence electrons. The quantitative estimate of drug-likeness (QED) is 0.420. The van der Waals surface area contributed by atoms with E-state index in [0.29, 0.717) is 37.2 Å². The van der Waals surface area contributed by atoms with Gasteiger partial charge in [-0.05, 0) is 59.2 Å². The summed E-state index contributed by atoms with van der Waals surface area (Å²) in [4.78, 5) is 0. The largest absolute Gasteiger partial charge is 0.490 e. The van der Waals surface area contributed by atoms with Gasteiger partial charge in [0, 0.05) is 17.6 Å². The van der Waals surface area contributed by atoms with Crippen LogP contribution in [-0.2, 0) is 19.7 Å². The second kappa shape index (κ2) is 10.9. The molecule has 1 N–H and O–H groups in total. The van der Waals surface area contributed by atoms with Crippen LogP contribution in [0, 0.1) is 5.82 Å². The number of nitrogens with one attached hydrogen (secondary N) is 1. The van der Waals surface area contributed by atoms with E-state index >= 15 is 0 Å². The zero-order chi connectivity index (χ0) is 21.3. The molecule has 0 aliphatic heterocycles. The van der Waals surface area contributed by atoms with Crippen LogP contribution in [0.4, 0.5) is 10.3 Å². The monoisotopic (exact) mass is 477 g/mol. The first-order valence-corrected chi connectivity index (χ1v) is 10.7. The summed E-state index contributed by atoms with van der Waals surface area (Å²) in [6.45, 7) is 6.17. The molecule has 1 heterocycles. The summed E-state index contributed by atoms with van der Waals surface area (Å²) in [6.07, 6.45) is 2.08. The lowest BCUT2D eigenvalue weighted by Crippen LogP contribution is -2.10. The minimum absolute atomic E-state index is 0.269. The number of hydrogen-bond donors (Lipinski definition) is 1. The summed E-state index contributed by atoms with van der Waals surface area (Å²) in [5, 5.41) is 15.1. The number of hydrogen-bond acceptors (Lipinski definition) is 6. The third-order valence-electron chi connectivity index (χ3n) is 4.41. The Hall–Kier alpha value is -2.68. The molecule has 30 heavy (non-hydrogen) atoms. The van der Waals surface area contributed by atoms with Gasteiger partial charge in [-0.3, -0.25) is 0 Å². The highest BCUT2D eigenvalue weighted by atomic mass is 79.9. The van der Waals surface area contributed by atoms with Gasteiger partial charge >= 0.3 is 0 Å². The van der Waals surface area contributed by atoms with E-state index in [-0.39, 0.29) is 5.82 Å². The molecule has 1 aromatic heterocycles. The number of aryl methyl sites for hydroxylation is 1. The lowest BCUT2D eigenvalue weighted by Gasteiger charge is -2.15. The standard InChI is InChI=1S/C21H25BrFN5O2/c1-3-5-10-28-21(25-26-27-28)24-13-16-11-19(29-4-2)20(12-18(16)22)30-14-15-6-8-17(23)9-7-15/h6-9,11-12H,3-5,10,13-14H2,1-2H3,(H,24,25,27).